The number of rotatable bonds is 11. The molecule has 220 valence electrons. The summed E-state index contributed by atoms with van der Waals surface area (Å²) in [4.78, 5) is 51.4. The Bertz CT molecular complexity index is 1300. The van der Waals surface area contributed by atoms with Gasteiger partial charge in [-0.2, -0.15) is 0 Å². The van der Waals surface area contributed by atoms with Crippen molar-refractivity contribution in [2.75, 3.05) is 6.54 Å². The molecular weight excluding hydrogens is 569 g/mol. The summed E-state index contributed by atoms with van der Waals surface area (Å²) >= 11 is 12.6. The molecule has 1 saturated heterocycles. The zero-order chi connectivity index (χ0) is 29.7. The normalized spacial score (nSPS) is 18.8. The van der Waals surface area contributed by atoms with Gasteiger partial charge in [-0.3, -0.25) is 9.59 Å². The molecule has 3 amide bonds. The van der Waals surface area contributed by atoms with Crippen LogP contribution in [-0.4, -0.2) is 46.6 Å². The zero-order valence-electron chi connectivity index (χ0n) is 23.1. The first-order chi connectivity index (χ1) is 19.5. The number of nitrogens with zero attached hydrogens (tertiary/aromatic N) is 1. The number of carboxylic acid groups (broad SMARTS) is 1. The number of carbonyl (C=O) groups excluding carboxylic acids is 3. The van der Waals surface area contributed by atoms with Gasteiger partial charge < -0.3 is 15.2 Å². The first-order valence-corrected chi connectivity index (χ1v) is 14.6. The highest BCUT2D eigenvalue weighted by atomic mass is 35.5. The Morgan fingerprint density at radius 1 is 1.12 bits per heavy atom. The summed E-state index contributed by atoms with van der Waals surface area (Å²) in [6.45, 7) is 4.31. The number of hydrogen-bond acceptors (Lipinski definition) is 5. The monoisotopic (exact) mass is 603 g/mol. The largest absolute Gasteiger partial charge is 0.480 e. The highest BCUT2D eigenvalue weighted by Crippen LogP contribution is 2.58. The second-order valence-electron chi connectivity index (χ2n) is 11.2. The quantitative estimate of drug-likeness (QED) is 0.285. The molecule has 1 aliphatic carbocycles. The molecule has 4 rings (SSSR count). The zero-order valence-corrected chi connectivity index (χ0v) is 24.6. The van der Waals surface area contributed by atoms with E-state index in [4.69, 9.17) is 27.9 Å². The van der Waals surface area contributed by atoms with Crippen LogP contribution in [0.5, 0.6) is 0 Å². The second kappa shape index (κ2) is 13.1. The fourth-order valence-electron chi connectivity index (χ4n) is 5.34. The van der Waals surface area contributed by atoms with Gasteiger partial charge in [-0.05, 0) is 73.4 Å². The number of aliphatic carboxylic acids is 1. The van der Waals surface area contributed by atoms with E-state index in [-0.39, 0.29) is 24.7 Å². The lowest BCUT2D eigenvalue weighted by atomic mass is 9.86. The van der Waals surface area contributed by atoms with Crippen LogP contribution in [0.25, 0.3) is 0 Å². The number of hydrogen-bond donors (Lipinski definition) is 3. The molecule has 2 unspecified atom stereocenters. The highest BCUT2D eigenvalue weighted by Gasteiger charge is 2.54. The summed E-state index contributed by atoms with van der Waals surface area (Å²) < 4.78 is 6.02. The Kier molecular flexibility index (Phi) is 9.81. The van der Waals surface area contributed by atoms with Crippen molar-refractivity contribution in [3.63, 3.8) is 0 Å². The van der Waals surface area contributed by atoms with E-state index in [0.29, 0.717) is 47.8 Å². The first kappa shape index (κ1) is 30.7. The van der Waals surface area contributed by atoms with Crippen molar-refractivity contribution < 1.29 is 29.0 Å². The summed E-state index contributed by atoms with van der Waals surface area (Å²) in [5, 5.41) is 14.6. The van der Waals surface area contributed by atoms with Crippen LogP contribution in [0.3, 0.4) is 0 Å². The Balaban J connectivity index is 1.62. The Hall–Kier alpha value is -3.30. The van der Waals surface area contributed by atoms with Gasteiger partial charge in [0, 0.05) is 34.3 Å². The van der Waals surface area contributed by atoms with Gasteiger partial charge in [0.05, 0.1) is 0 Å². The molecule has 2 aliphatic rings. The standard InChI is InChI=1S/C30H35Cl2N3O6/c1-18(2)9-10-25(36)35(24(28(38)39)16-20-11-14-33-27(20)37)34-29(40)41-26(19-5-3-7-22(31)15-19)30(12-13-30)21-6-4-8-23(32)17-21/h3-8,15,17-18,20,24,26H,9-14,16H2,1-2H3,(H,33,37)(H,34,40)(H,38,39)/t20?,24-,26?/m0/s1. The van der Waals surface area contributed by atoms with Crippen molar-refractivity contribution >= 4 is 47.1 Å². The van der Waals surface area contributed by atoms with Crippen molar-refractivity contribution in [2.24, 2.45) is 11.8 Å². The van der Waals surface area contributed by atoms with Crippen LogP contribution in [0, 0.1) is 11.8 Å². The van der Waals surface area contributed by atoms with E-state index in [1.165, 1.54) is 0 Å². The van der Waals surface area contributed by atoms with Crippen LogP contribution in [0.15, 0.2) is 48.5 Å². The molecule has 41 heavy (non-hydrogen) atoms. The van der Waals surface area contributed by atoms with Gasteiger partial charge >= 0.3 is 12.1 Å². The molecule has 1 aliphatic heterocycles. The number of carbonyl (C=O) groups is 4. The molecule has 3 atom stereocenters. The van der Waals surface area contributed by atoms with Crippen LogP contribution in [0.1, 0.15) is 69.6 Å². The predicted octanol–water partition coefficient (Wildman–Crippen LogP) is 5.65. The van der Waals surface area contributed by atoms with Crippen molar-refractivity contribution in [2.45, 2.75) is 69.9 Å². The van der Waals surface area contributed by atoms with Gasteiger partial charge in [0.25, 0.3) is 0 Å². The molecule has 3 N–H and O–H groups in total. The lowest BCUT2D eigenvalue weighted by molar-refractivity contribution is -0.154. The first-order valence-electron chi connectivity index (χ1n) is 13.8. The van der Waals surface area contributed by atoms with E-state index in [1.54, 1.807) is 30.3 Å². The fraction of sp³-hybridized carbons (Fsp3) is 0.467. The van der Waals surface area contributed by atoms with Crippen LogP contribution >= 0.6 is 23.2 Å². The van der Waals surface area contributed by atoms with Gasteiger partial charge in [-0.25, -0.2) is 20.0 Å². The summed E-state index contributed by atoms with van der Waals surface area (Å²) in [6, 6.07) is 12.9. The van der Waals surface area contributed by atoms with Gasteiger partial charge in [0.2, 0.25) is 11.8 Å². The minimum absolute atomic E-state index is 0.0166. The van der Waals surface area contributed by atoms with Crippen LogP contribution in [0.2, 0.25) is 10.0 Å². The molecular formula is C30H35Cl2N3O6. The maximum absolute atomic E-state index is 13.5. The molecule has 2 aromatic rings. The number of carboxylic acids is 1. The number of nitrogens with one attached hydrogen (secondary N) is 2. The average molecular weight is 605 g/mol. The Morgan fingerprint density at radius 2 is 1.80 bits per heavy atom. The van der Waals surface area contributed by atoms with Crippen molar-refractivity contribution in [3.8, 4) is 0 Å². The molecule has 0 bridgehead atoms. The van der Waals surface area contributed by atoms with Gasteiger partial charge in [0.1, 0.15) is 6.10 Å². The summed E-state index contributed by atoms with van der Waals surface area (Å²) in [7, 11) is 0. The van der Waals surface area contributed by atoms with Crippen LogP contribution < -0.4 is 10.7 Å². The number of hydrazine groups is 1. The maximum atomic E-state index is 13.5. The maximum Gasteiger partial charge on any atom is 0.426 e. The molecule has 0 aromatic heterocycles. The smallest absolute Gasteiger partial charge is 0.426 e. The van der Waals surface area contributed by atoms with Crippen LogP contribution in [-0.2, 0) is 24.5 Å². The average Bonchev–Trinajstić information content (AvgIpc) is 3.63. The van der Waals surface area contributed by atoms with Gasteiger partial charge in [0.15, 0.2) is 6.04 Å². The third-order valence-electron chi connectivity index (χ3n) is 7.75. The van der Waals surface area contributed by atoms with Gasteiger partial charge in [-0.1, -0.05) is 61.3 Å². The van der Waals surface area contributed by atoms with E-state index in [0.717, 1.165) is 10.6 Å². The van der Waals surface area contributed by atoms with Crippen molar-refractivity contribution in [1.82, 2.24) is 15.8 Å². The molecule has 2 aromatic carbocycles. The SMILES string of the molecule is CC(C)CCC(=O)N(NC(=O)OC(c1cccc(Cl)c1)C1(c2cccc(Cl)c2)CC1)[C@@H](CC1CCNC1=O)C(=O)O. The number of amides is 3. The summed E-state index contributed by atoms with van der Waals surface area (Å²) in [5.41, 5.74) is 3.41. The van der Waals surface area contributed by atoms with E-state index in [1.807, 2.05) is 32.0 Å². The highest BCUT2D eigenvalue weighted by molar-refractivity contribution is 6.31. The van der Waals surface area contributed by atoms with E-state index in [9.17, 15) is 24.3 Å². The third-order valence-corrected chi connectivity index (χ3v) is 8.22. The number of benzene rings is 2. The Morgan fingerprint density at radius 3 is 2.37 bits per heavy atom. The molecule has 1 heterocycles. The van der Waals surface area contributed by atoms with Crippen molar-refractivity contribution in [3.05, 3.63) is 69.7 Å². The second-order valence-corrected chi connectivity index (χ2v) is 12.1. The Labute approximate surface area is 249 Å². The van der Waals surface area contributed by atoms with Gasteiger partial charge in [-0.15, -0.1) is 0 Å². The fourth-order valence-corrected chi connectivity index (χ4v) is 5.73. The number of ether oxygens (including phenoxy) is 1. The molecule has 11 heteroatoms. The number of halogens is 2. The minimum Gasteiger partial charge on any atom is -0.480 e. The van der Waals surface area contributed by atoms with Crippen LogP contribution in [0.4, 0.5) is 4.79 Å². The molecule has 9 nitrogen and oxygen atoms in total. The van der Waals surface area contributed by atoms with E-state index < -0.39 is 41.4 Å². The topological polar surface area (TPSA) is 125 Å². The summed E-state index contributed by atoms with van der Waals surface area (Å²) in [5.74, 6) is -2.59. The molecule has 1 saturated carbocycles. The molecule has 0 spiro atoms. The van der Waals surface area contributed by atoms with E-state index in [2.05, 4.69) is 10.7 Å². The third kappa shape index (κ3) is 7.51. The summed E-state index contributed by atoms with van der Waals surface area (Å²) in [6.07, 6.45) is 0.458. The lowest BCUT2D eigenvalue weighted by Gasteiger charge is -2.32. The predicted molar refractivity (Wildman–Crippen MR) is 154 cm³/mol. The van der Waals surface area contributed by atoms with E-state index >= 15 is 0 Å². The minimum atomic E-state index is -1.46. The van der Waals surface area contributed by atoms with Crippen molar-refractivity contribution in [1.29, 1.82) is 0 Å². The molecule has 0 radical (unpaired) electrons. The lowest BCUT2D eigenvalue weighted by Crippen LogP contribution is -2.56. The molecule has 2 fully saturated rings.